The normalized spacial score (nSPS) is 11.7. The average Bonchev–Trinajstić information content (AvgIpc) is 2.99. The third kappa shape index (κ3) is 7.35. The van der Waals surface area contributed by atoms with Gasteiger partial charge in [0.2, 0.25) is 10.0 Å². The summed E-state index contributed by atoms with van der Waals surface area (Å²) in [5.41, 5.74) is 0. The number of nitrogens with zero attached hydrogens (tertiary/aromatic N) is 2. The van der Waals surface area contributed by atoms with E-state index in [4.69, 9.17) is 11.6 Å². The van der Waals surface area contributed by atoms with Crippen molar-refractivity contribution in [1.29, 1.82) is 0 Å². The van der Waals surface area contributed by atoms with Crippen LogP contribution in [0.4, 0.5) is 0 Å². The summed E-state index contributed by atoms with van der Waals surface area (Å²) in [5, 5.41) is 7.51. The van der Waals surface area contributed by atoms with Crippen molar-refractivity contribution in [2.75, 3.05) is 20.1 Å². The molecule has 0 saturated heterocycles. The predicted molar refractivity (Wildman–Crippen MR) is 117 cm³/mol. The first-order valence-electron chi connectivity index (χ1n) is 7.52. The zero-order valence-corrected chi connectivity index (χ0v) is 19.0. The van der Waals surface area contributed by atoms with Crippen molar-refractivity contribution >= 4 is 62.9 Å². The lowest BCUT2D eigenvalue weighted by atomic mass is 10.4. The Morgan fingerprint density at radius 3 is 2.69 bits per heavy atom. The second-order valence-electron chi connectivity index (χ2n) is 5.07. The van der Waals surface area contributed by atoms with Crippen LogP contribution in [0.1, 0.15) is 9.88 Å². The Morgan fingerprint density at radius 1 is 1.31 bits per heavy atom. The molecule has 0 aliphatic carbocycles. The molecule has 0 saturated carbocycles. The van der Waals surface area contributed by atoms with Gasteiger partial charge in [0, 0.05) is 36.2 Å². The molecular weight excluding hydrogens is 509 g/mol. The van der Waals surface area contributed by atoms with E-state index < -0.39 is 10.0 Å². The largest absolute Gasteiger partial charge is 0.355 e. The maximum atomic E-state index is 12.2. The third-order valence-corrected chi connectivity index (χ3v) is 5.72. The minimum Gasteiger partial charge on any atom is -0.355 e. The van der Waals surface area contributed by atoms with E-state index in [9.17, 15) is 8.42 Å². The average molecular weight is 530 g/mol. The fourth-order valence-electron chi connectivity index (χ4n) is 1.95. The number of aromatic nitrogens is 1. The van der Waals surface area contributed by atoms with Crippen LogP contribution in [-0.2, 0) is 16.6 Å². The molecule has 2 aromatic rings. The first kappa shape index (κ1) is 23.1. The van der Waals surface area contributed by atoms with Gasteiger partial charge >= 0.3 is 0 Å². The van der Waals surface area contributed by atoms with E-state index in [0.717, 1.165) is 9.88 Å². The Morgan fingerprint density at radius 2 is 2.08 bits per heavy atom. The van der Waals surface area contributed by atoms with Crippen LogP contribution in [0.2, 0.25) is 5.02 Å². The van der Waals surface area contributed by atoms with Gasteiger partial charge in [-0.25, -0.2) is 18.1 Å². The minimum atomic E-state index is -3.58. The second-order valence-corrected chi connectivity index (χ2v) is 8.60. The smallest absolute Gasteiger partial charge is 0.240 e. The van der Waals surface area contributed by atoms with Crippen LogP contribution in [0.5, 0.6) is 0 Å². The first-order chi connectivity index (χ1) is 11.9. The van der Waals surface area contributed by atoms with Gasteiger partial charge in [-0.3, -0.25) is 4.99 Å². The molecular formula is C15H21ClIN5O2S2. The summed E-state index contributed by atoms with van der Waals surface area (Å²) in [6.07, 6.45) is 1.82. The summed E-state index contributed by atoms with van der Waals surface area (Å²) in [4.78, 5) is 9.64. The molecule has 0 spiro atoms. The molecule has 0 radical (unpaired) electrons. The summed E-state index contributed by atoms with van der Waals surface area (Å²) in [5.74, 6) is 0.579. The van der Waals surface area contributed by atoms with Gasteiger partial charge in [-0.15, -0.1) is 35.3 Å². The van der Waals surface area contributed by atoms with Crippen LogP contribution in [0, 0.1) is 6.92 Å². The Balaban J connectivity index is 0.00000338. The van der Waals surface area contributed by atoms with Gasteiger partial charge in [0.15, 0.2) is 5.96 Å². The Hall–Kier alpha value is -0.950. The number of guanidine groups is 1. The van der Waals surface area contributed by atoms with Gasteiger partial charge in [0.05, 0.1) is 11.4 Å². The lowest BCUT2D eigenvalue weighted by Gasteiger charge is -2.12. The minimum absolute atomic E-state index is 0. The quantitative estimate of drug-likeness (QED) is 0.222. The Kier molecular flexibility index (Phi) is 9.79. The summed E-state index contributed by atoms with van der Waals surface area (Å²) < 4.78 is 26.8. The number of hydrogen-bond acceptors (Lipinski definition) is 5. The molecule has 0 bridgehead atoms. The van der Waals surface area contributed by atoms with Gasteiger partial charge in [0.1, 0.15) is 5.01 Å². The van der Waals surface area contributed by atoms with Gasteiger partial charge in [-0.1, -0.05) is 17.7 Å². The van der Waals surface area contributed by atoms with E-state index in [0.29, 0.717) is 24.1 Å². The van der Waals surface area contributed by atoms with Gasteiger partial charge in [-0.2, -0.15) is 0 Å². The molecule has 0 aliphatic rings. The zero-order valence-electron chi connectivity index (χ0n) is 14.3. The molecule has 0 unspecified atom stereocenters. The van der Waals surface area contributed by atoms with E-state index in [1.54, 1.807) is 30.5 Å². The fraction of sp³-hybridized carbons (Fsp3) is 0.333. The molecule has 3 N–H and O–H groups in total. The van der Waals surface area contributed by atoms with Gasteiger partial charge in [-0.05, 0) is 25.1 Å². The topological polar surface area (TPSA) is 95.5 Å². The highest BCUT2D eigenvalue weighted by Gasteiger charge is 2.13. The van der Waals surface area contributed by atoms with E-state index in [-0.39, 0.29) is 35.4 Å². The molecule has 1 aromatic heterocycles. The van der Waals surface area contributed by atoms with E-state index >= 15 is 0 Å². The fourth-order valence-corrected chi connectivity index (χ4v) is 4.01. The molecule has 26 heavy (non-hydrogen) atoms. The highest BCUT2D eigenvalue weighted by molar-refractivity contribution is 14.0. The van der Waals surface area contributed by atoms with Crippen molar-refractivity contribution in [3.8, 4) is 0 Å². The molecule has 1 aromatic carbocycles. The summed E-state index contributed by atoms with van der Waals surface area (Å²) >= 11 is 7.44. The standard InChI is InChI=1S/C15H20ClN5O2S2.HI/c1-11-9-19-14(24-11)10-20-15(17-2)18-6-7-21-25(22,23)13-5-3-4-12(16)8-13;/h3-5,8-9,21H,6-7,10H2,1-2H3,(H2,17,18,20);1H. The molecule has 1 heterocycles. The van der Waals surface area contributed by atoms with Crippen LogP contribution in [0.25, 0.3) is 0 Å². The first-order valence-corrected chi connectivity index (χ1v) is 10.2. The Bertz CT molecular complexity index is 842. The number of hydrogen-bond donors (Lipinski definition) is 3. The summed E-state index contributed by atoms with van der Waals surface area (Å²) in [7, 11) is -1.93. The predicted octanol–water partition coefficient (Wildman–Crippen LogP) is 2.37. The van der Waals surface area contributed by atoms with Crippen molar-refractivity contribution in [3.05, 3.63) is 45.4 Å². The summed E-state index contributed by atoms with van der Waals surface area (Å²) in [6.45, 7) is 3.16. The number of aryl methyl sites for hydroxylation is 1. The third-order valence-electron chi connectivity index (χ3n) is 3.12. The molecule has 11 heteroatoms. The molecule has 144 valence electrons. The highest BCUT2D eigenvalue weighted by atomic mass is 127. The van der Waals surface area contributed by atoms with Crippen LogP contribution in [0.3, 0.4) is 0 Å². The number of thiazole rings is 1. The molecule has 2 rings (SSSR count). The maximum Gasteiger partial charge on any atom is 0.240 e. The number of benzene rings is 1. The number of halogens is 2. The molecule has 7 nitrogen and oxygen atoms in total. The van der Waals surface area contributed by atoms with E-state index in [2.05, 4.69) is 25.3 Å². The second kappa shape index (κ2) is 11.0. The molecule has 0 aliphatic heterocycles. The van der Waals surface area contributed by atoms with Crippen molar-refractivity contribution in [2.45, 2.75) is 18.4 Å². The van der Waals surface area contributed by atoms with Crippen LogP contribution in [0.15, 0.2) is 40.4 Å². The van der Waals surface area contributed by atoms with Gasteiger partial charge < -0.3 is 10.6 Å². The number of aliphatic imine (C=N–C) groups is 1. The molecule has 0 atom stereocenters. The SMILES string of the molecule is CN=C(NCCNS(=O)(=O)c1cccc(Cl)c1)NCc1ncc(C)s1.I. The van der Waals surface area contributed by atoms with Crippen LogP contribution in [-0.4, -0.2) is 39.5 Å². The lowest BCUT2D eigenvalue weighted by molar-refractivity contribution is 0.580. The highest BCUT2D eigenvalue weighted by Crippen LogP contribution is 2.14. The van der Waals surface area contributed by atoms with Crippen molar-refractivity contribution < 1.29 is 8.42 Å². The zero-order chi connectivity index (χ0) is 18.3. The molecule has 0 fully saturated rings. The maximum absolute atomic E-state index is 12.2. The van der Waals surface area contributed by atoms with Crippen molar-refractivity contribution in [1.82, 2.24) is 20.3 Å². The number of nitrogens with one attached hydrogen (secondary N) is 3. The monoisotopic (exact) mass is 529 g/mol. The van der Waals surface area contributed by atoms with Crippen molar-refractivity contribution in [3.63, 3.8) is 0 Å². The van der Waals surface area contributed by atoms with Gasteiger partial charge in [0.25, 0.3) is 0 Å². The van der Waals surface area contributed by atoms with Crippen LogP contribution >= 0.6 is 46.9 Å². The number of rotatable bonds is 7. The van der Waals surface area contributed by atoms with E-state index in [1.807, 2.05) is 13.1 Å². The lowest BCUT2D eigenvalue weighted by Crippen LogP contribution is -2.41. The number of sulfonamides is 1. The molecule has 0 amide bonds. The Labute approximate surface area is 179 Å². The van der Waals surface area contributed by atoms with Crippen LogP contribution < -0.4 is 15.4 Å². The van der Waals surface area contributed by atoms with E-state index in [1.165, 1.54) is 12.1 Å². The summed E-state index contributed by atoms with van der Waals surface area (Å²) in [6, 6.07) is 6.13. The van der Waals surface area contributed by atoms with Crippen molar-refractivity contribution in [2.24, 2.45) is 4.99 Å².